The number of hydrogen-bond acceptors (Lipinski definition) is 6. The first-order chi connectivity index (χ1) is 18.5. The maximum atomic E-state index is 12.6. The molecule has 3 N–H and O–H groups in total. The fourth-order valence-electron chi connectivity index (χ4n) is 3.87. The van der Waals surface area contributed by atoms with Gasteiger partial charge in [0.15, 0.2) is 0 Å². The van der Waals surface area contributed by atoms with Gasteiger partial charge in [0.2, 0.25) is 5.91 Å². The van der Waals surface area contributed by atoms with Gasteiger partial charge in [-0.3, -0.25) is 9.59 Å². The van der Waals surface area contributed by atoms with Gasteiger partial charge in [-0.25, -0.2) is 5.43 Å². The molecule has 2 heterocycles. The van der Waals surface area contributed by atoms with Crippen LogP contribution in [0.3, 0.4) is 0 Å². The summed E-state index contributed by atoms with van der Waals surface area (Å²) in [5.41, 5.74) is 4.58. The number of aromatic nitrogens is 1. The molecule has 0 fully saturated rings. The van der Waals surface area contributed by atoms with Crippen LogP contribution in [-0.4, -0.2) is 27.7 Å². The summed E-state index contributed by atoms with van der Waals surface area (Å²) in [6.07, 6.45) is 4.94. The second kappa shape index (κ2) is 11.2. The average molecular weight is 509 g/mol. The molecule has 0 atom stereocenters. The molecule has 0 aliphatic carbocycles. The van der Waals surface area contributed by atoms with E-state index in [2.05, 4.69) is 15.8 Å². The number of fused-ring (bicyclic) bond motifs is 1. The van der Waals surface area contributed by atoms with Crippen LogP contribution in [0, 0.1) is 0 Å². The number of hydrazone groups is 1. The Kier molecular flexibility index (Phi) is 7.17. The quantitative estimate of drug-likeness (QED) is 0.195. The Balaban J connectivity index is 1.21. The van der Waals surface area contributed by atoms with E-state index in [0.717, 1.165) is 16.5 Å². The number of phenolic OH excluding ortho intramolecular Hbond substituents is 1. The Morgan fingerprint density at radius 3 is 2.42 bits per heavy atom. The lowest BCUT2D eigenvalue weighted by atomic mass is 10.2. The van der Waals surface area contributed by atoms with Crippen molar-refractivity contribution in [3.05, 3.63) is 114 Å². The molecule has 2 aromatic heterocycles. The molecular formula is C29H24N4O5. The third kappa shape index (κ3) is 5.90. The number of nitrogens with zero attached hydrogens (tertiary/aromatic N) is 2. The molecular weight excluding hydrogens is 484 g/mol. The number of carbonyl (C=O) groups excluding carboxylic acids is 2. The highest BCUT2D eigenvalue weighted by Gasteiger charge is 2.11. The summed E-state index contributed by atoms with van der Waals surface area (Å²) >= 11 is 0. The third-order valence-corrected chi connectivity index (χ3v) is 5.73. The minimum atomic E-state index is -0.376. The summed E-state index contributed by atoms with van der Waals surface area (Å²) in [5.74, 6) is 1.42. The molecule has 0 aliphatic rings. The van der Waals surface area contributed by atoms with Crippen LogP contribution < -0.4 is 15.5 Å². The van der Waals surface area contributed by atoms with E-state index < -0.39 is 0 Å². The van der Waals surface area contributed by atoms with Crippen molar-refractivity contribution in [1.29, 1.82) is 0 Å². The van der Waals surface area contributed by atoms with Crippen LogP contribution in [0.1, 0.15) is 21.7 Å². The summed E-state index contributed by atoms with van der Waals surface area (Å²) in [7, 11) is 0. The van der Waals surface area contributed by atoms with Crippen LogP contribution in [0.2, 0.25) is 0 Å². The first-order valence-corrected chi connectivity index (χ1v) is 11.8. The van der Waals surface area contributed by atoms with Crippen LogP contribution in [0.4, 0.5) is 0 Å². The van der Waals surface area contributed by atoms with Crippen molar-refractivity contribution >= 4 is 28.9 Å². The second-order valence-electron chi connectivity index (χ2n) is 8.41. The molecule has 190 valence electrons. The minimum absolute atomic E-state index is 0.125. The molecule has 0 saturated heterocycles. The van der Waals surface area contributed by atoms with Crippen molar-refractivity contribution in [2.75, 3.05) is 0 Å². The molecule has 38 heavy (non-hydrogen) atoms. The van der Waals surface area contributed by atoms with Gasteiger partial charge in [0, 0.05) is 28.2 Å². The van der Waals surface area contributed by atoms with Gasteiger partial charge in [0.1, 0.15) is 29.6 Å². The van der Waals surface area contributed by atoms with Gasteiger partial charge in [0.05, 0.1) is 19.0 Å². The number of carbonyl (C=O) groups is 2. The average Bonchev–Trinajstić information content (AvgIpc) is 3.58. The van der Waals surface area contributed by atoms with Gasteiger partial charge < -0.3 is 24.1 Å². The van der Waals surface area contributed by atoms with Crippen LogP contribution >= 0.6 is 0 Å². The maximum absolute atomic E-state index is 12.6. The van der Waals surface area contributed by atoms with E-state index in [1.165, 1.54) is 12.1 Å². The van der Waals surface area contributed by atoms with Crippen molar-refractivity contribution in [2.24, 2.45) is 5.10 Å². The van der Waals surface area contributed by atoms with Crippen molar-refractivity contribution in [2.45, 2.75) is 13.1 Å². The van der Waals surface area contributed by atoms with Crippen molar-refractivity contribution in [3.8, 4) is 17.2 Å². The second-order valence-corrected chi connectivity index (χ2v) is 8.41. The molecule has 5 rings (SSSR count). The third-order valence-electron chi connectivity index (χ3n) is 5.73. The van der Waals surface area contributed by atoms with E-state index in [-0.39, 0.29) is 24.1 Å². The number of nitrogens with one attached hydrogen (secondary N) is 2. The van der Waals surface area contributed by atoms with Gasteiger partial charge in [-0.1, -0.05) is 18.2 Å². The Morgan fingerprint density at radius 1 is 0.947 bits per heavy atom. The number of amides is 2. The zero-order valence-electron chi connectivity index (χ0n) is 20.2. The van der Waals surface area contributed by atoms with Crippen molar-refractivity contribution in [1.82, 2.24) is 15.3 Å². The summed E-state index contributed by atoms with van der Waals surface area (Å²) in [4.78, 5) is 25.0. The maximum Gasteiger partial charge on any atom is 0.271 e. The zero-order chi connectivity index (χ0) is 26.3. The van der Waals surface area contributed by atoms with Crippen molar-refractivity contribution < 1.29 is 23.8 Å². The summed E-state index contributed by atoms with van der Waals surface area (Å²) in [5, 5.41) is 17.2. The van der Waals surface area contributed by atoms with E-state index in [0.29, 0.717) is 29.4 Å². The Bertz CT molecular complexity index is 1570. The number of para-hydroxylation sites is 1. The molecule has 2 amide bonds. The van der Waals surface area contributed by atoms with Gasteiger partial charge in [0.25, 0.3) is 5.91 Å². The number of hydrogen-bond donors (Lipinski definition) is 3. The van der Waals surface area contributed by atoms with Gasteiger partial charge in [-0.2, -0.15) is 5.10 Å². The van der Waals surface area contributed by atoms with E-state index in [1.807, 2.05) is 35.0 Å². The number of phenols is 1. The molecule has 0 radical (unpaired) electrons. The Labute approximate surface area is 218 Å². The lowest BCUT2D eigenvalue weighted by Crippen LogP contribution is -2.26. The fourth-order valence-corrected chi connectivity index (χ4v) is 3.87. The van der Waals surface area contributed by atoms with Gasteiger partial charge in [-0.05, 0) is 66.7 Å². The molecule has 0 bridgehead atoms. The molecule has 5 aromatic rings. The number of ether oxygens (including phenoxy) is 1. The molecule has 3 aromatic carbocycles. The highest BCUT2D eigenvalue weighted by molar-refractivity contribution is 6.01. The first-order valence-electron chi connectivity index (χ1n) is 11.8. The SMILES string of the molecule is O=C(Cn1cc(/C=N/NC(=O)c2ccc(Oc3ccc(O)cc3)cc2)c2ccccc21)NCc1ccco1. The predicted octanol–water partition coefficient (Wildman–Crippen LogP) is 4.81. The van der Waals surface area contributed by atoms with E-state index in [1.54, 1.807) is 61.0 Å². The summed E-state index contributed by atoms with van der Waals surface area (Å²) < 4.78 is 12.8. The summed E-state index contributed by atoms with van der Waals surface area (Å²) in [6, 6.07) is 24.2. The zero-order valence-corrected chi connectivity index (χ0v) is 20.2. The highest BCUT2D eigenvalue weighted by Crippen LogP contribution is 2.24. The van der Waals surface area contributed by atoms with Crippen LogP contribution in [0.25, 0.3) is 10.9 Å². The van der Waals surface area contributed by atoms with E-state index >= 15 is 0 Å². The summed E-state index contributed by atoms with van der Waals surface area (Å²) in [6.45, 7) is 0.440. The monoisotopic (exact) mass is 508 g/mol. The molecule has 0 saturated carbocycles. The van der Waals surface area contributed by atoms with E-state index in [9.17, 15) is 14.7 Å². The lowest BCUT2D eigenvalue weighted by molar-refractivity contribution is -0.121. The van der Waals surface area contributed by atoms with Crippen LogP contribution in [0.5, 0.6) is 17.2 Å². The number of benzene rings is 3. The fraction of sp³-hybridized carbons (Fsp3) is 0.0690. The number of rotatable bonds is 9. The van der Waals surface area contributed by atoms with Crippen LogP contribution in [0.15, 0.2) is 107 Å². The highest BCUT2D eigenvalue weighted by atomic mass is 16.5. The Morgan fingerprint density at radius 2 is 1.68 bits per heavy atom. The first kappa shape index (κ1) is 24.4. The minimum Gasteiger partial charge on any atom is -0.508 e. The predicted molar refractivity (Wildman–Crippen MR) is 142 cm³/mol. The molecule has 0 aliphatic heterocycles. The van der Waals surface area contributed by atoms with Gasteiger partial charge >= 0.3 is 0 Å². The van der Waals surface area contributed by atoms with E-state index in [4.69, 9.17) is 9.15 Å². The standard InChI is InChI=1S/C29H24N4O5/c34-22-9-13-24(14-10-22)38-23-11-7-20(8-12-23)29(36)32-31-16-21-18-33(27-6-2-1-5-26(21)27)19-28(35)30-17-25-4-3-15-37-25/h1-16,18,34H,17,19H2,(H,30,35)(H,32,36)/b31-16+. The topological polar surface area (TPSA) is 118 Å². The molecule has 0 unspecified atom stereocenters. The largest absolute Gasteiger partial charge is 0.508 e. The Hall–Kier alpha value is -5.31. The lowest BCUT2D eigenvalue weighted by Gasteiger charge is -2.06. The number of furan rings is 1. The molecule has 0 spiro atoms. The van der Waals surface area contributed by atoms with Crippen LogP contribution in [-0.2, 0) is 17.9 Å². The van der Waals surface area contributed by atoms with Gasteiger partial charge in [-0.15, -0.1) is 0 Å². The number of aromatic hydroxyl groups is 1. The smallest absolute Gasteiger partial charge is 0.271 e. The normalized spacial score (nSPS) is 11.1. The van der Waals surface area contributed by atoms with Crippen molar-refractivity contribution in [3.63, 3.8) is 0 Å². The molecule has 9 nitrogen and oxygen atoms in total. The molecule has 9 heteroatoms.